The van der Waals surface area contributed by atoms with Gasteiger partial charge < -0.3 is 9.84 Å². The zero-order valence-electron chi connectivity index (χ0n) is 9.73. The maximum atomic E-state index is 9.25. The SMILES string of the molecule is CCOCCn1nc(CO)c2nc(Cl)nc(Cl)c21. The Hall–Kier alpha value is -0.950. The van der Waals surface area contributed by atoms with Crippen LogP contribution in [0, 0.1) is 0 Å². The molecule has 2 aromatic rings. The zero-order valence-corrected chi connectivity index (χ0v) is 11.2. The van der Waals surface area contributed by atoms with Crippen LogP contribution in [0.2, 0.25) is 10.4 Å². The summed E-state index contributed by atoms with van der Waals surface area (Å²) in [5.74, 6) is 0. The highest BCUT2D eigenvalue weighted by Gasteiger charge is 2.16. The van der Waals surface area contributed by atoms with E-state index in [1.807, 2.05) is 6.92 Å². The molecule has 0 saturated heterocycles. The van der Waals surface area contributed by atoms with E-state index < -0.39 is 0 Å². The molecule has 0 radical (unpaired) electrons. The predicted molar refractivity (Wildman–Crippen MR) is 67.8 cm³/mol. The Kier molecular flexibility index (Phi) is 4.34. The van der Waals surface area contributed by atoms with Gasteiger partial charge >= 0.3 is 0 Å². The van der Waals surface area contributed by atoms with E-state index in [0.29, 0.717) is 36.5 Å². The highest BCUT2D eigenvalue weighted by atomic mass is 35.5. The minimum absolute atomic E-state index is 0.0339. The summed E-state index contributed by atoms with van der Waals surface area (Å²) in [6.45, 7) is 3.31. The number of rotatable bonds is 5. The standard InChI is InChI=1S/C10H12Cl2N4O2/c1-2-18-4-3-16-8-7(6(5-17)15-16)13-10(12)14-9(8)11/h17H,2-5H2,1H3. The lowest BCUT2D eigenvalue weighted by atomic mass is 10.3. The second-order valence-corrected chi connectivity index (χ2v) is 4.20. The van der Waals surface area contributed by atoms with Crippen molar-refractivity contribution in [1.82, 2.24) is 19.7 Å². The zero-order chi connectivity index (χ0) is 13.1. The fourth-order valence-electron chi connectivity index (χ4n) is 1.64. The second kappa shape index (κ2) is 5.79. The summed E-state index contributed by atoms with van der Waals surface area (Å²) in [7, 11) is 0. The lowest BCUT2D eigenvalue weighted by molar-refractivity contribution is 0.137. The van der Waals surface area contributed by atoms with Gasteiger partial charge in [0.05, 0.1) is 19.8 Å². The molecule has 0 bridgehead atoms. The van der Waals surface area contributed by atoms with Crippen molar-refractivity contribution in [2.45, 2.75) is 20.1 Å². The van der Waals surface area contributed by atoms with Crippen LogP contribution in [0.3, 0.4) is 0 Å². The number of hydrogen-bond acceptors (Lipinski definition) is 5. The van der Waals surface area contributed by atoms with Gasteiger partial charge in [-0.15, -0.1) is 0 Å². The first-order valence-electron chi connectivity index (χ1n) is 5.44. The van der Waals surface area contributed by atoms with Crippen molar-refractivity contribution in [2.24, 2.45) is 0 Å². The molecule has 0 aliphatic heterocycles. The van der Waals surface area contributed by atoms with Crippen LogP contribution in [0.25, 0.3) is 11.0 Å². The summed E-state index contributed by atoms with van der Waals surface area (Å²) < 4.78 is 6.88. The number of aliphatic hydroxyl groups is 1. The topological polar surface area (TPSA) is 73.1 Å². The predicted octanol–water partition coefficient (Wildman–Crippen LogP) is 1.66. The maximum absolute atomic E-state index is 9.25. The van der Waals surface area contributed by atoms with E-state index in [1.54, 1.807) is 4.68 Å². The molecule has 0 saturated carbocycles. The van der Waals surface area contributed by atoms with Crippen molar-refractivity contribution >= 4 is 34.2 Å². The van der Waals surface area contributed by atoms with E-state index >= 15 is 0 Å². The van der Waals surface area contributed by atoms with Gasteiger partial charge in [-0.3, -0.25) is 4.68 Å². The summed E-state index contributed by atoms with van der Waals surface area (Å²) in [5, 5.41) is 13.7. The van der Waals surface area contributed by atoms with Gasteiger partial charge in [0.2, 0.25) is 5.28 Å². The molecule has 0 aromatic carbocycles. The van der Waals surface area contributed by atoms with Crippen LogP contribution in [0.15, 0.2) is 0 Å². The molecular weight excluding hydrogens is 279 g/mol. The third-order valence-corrected chi connectivity index (χ3v) is 2.82. The van der Waals surface area contributed by atoms with Gasteiger partial charge in [-0.25, -0.2) is 9.97 Å². The molecule has 0 amide bonds. The molecule has 0 aliphatic carbocycles. The number of aromatic nitrogens is 4. The average Bonchev–Trinajstić information content (AvgIpc) is 2.67. The molecule has 98 valence electrons. The van der Waals surface area contributed by atoms with E-state index in [2.05, 4.69) is 15.1 Å². The van der Waals surface area contributed by atoms with Gasteiger partial charge in [-0.2, -0.15) is 5.10 Å². The van der Waals surface area contributed by atoms with Crippen molar-refractivity contribution in [3.05, 3.63) is 16.1 Å². The minimum atomic E-state index is -0.234. The van der Waals surface area contributed by atoms with Crippen molar-refractivity contribution in [3.8, 4) is 0 Å². The van der Waals surface area contributed by atoms with Gasteiger partial charge in [-0.1, -0.05) is 11.6 Å². The molecule has 2 rings (SSSR count). The Balaban J connectivity index is 2.46. The molecule has 8 heteroatoms. The fraction of sp³-hybridized carbons (Fsp3) is 0.500. The summed E-state index contributed by atoms with van der Waals surface area (Å²) in [4.78, 5) is 7.92. The van der Waals surface area contributed by atoms with Crippen LogP contribution in [-0.2, 0) is 17.9 Å². The Morgan fingerprint density at radius 2 is 2.11 bits per heavy atom. The Morgan fingerprint density at radius 1 is 1.33 bits per heavy atom. The van der Waals surface area contributed by atoms with E-state index in [9.17, 15) is 5.11 Å². The molecule has 6 nitrogen and oxygen atoms in total. The highest BCUT2D eigenvalue weighted by molar-refractivity contribution is 6.35. The van der Waals surface area contributed by atoms with Crippen molar-refractivity contribution in [1.29, 1.82) is 0 Å². The molecular formula is C10H12Cl2N4O2. The average molecular weight is 291 g/mol. The van der Waals surface area contributed by atoms with Crippen molar-refractivity contribution in [3.63, 3.8) is 0 Å². The van der Waals surface area contributed by atoms with Gasteiger partial charge in [0, 0.05) is 6.61 Å². The van der Waals surface area contributed by atoms with Crippen LogP contribution < -0.4 is 0 Å². The monoisotopic (exact) mass is 290 g/mol. The second-order valence-electron chi connectivity index (χ2n) is 3.51. The molecule has 1 N–H and O–H groups in total. The third kappa shape index (κ3) is 2.56. The molecule has 18 heavy (non-hydrogen) atoms. The number of hydrogen-bond donors (Lipinski definition) is 1. The summed E-state index contributed by atoms with van der Waals surface area (Å²) >= 11 is 11.8. The molecule has 0 aliphatic rings. The smallest absolute Gasteiger partial charge is 0.224 e. The van der Waals surface area contributed by atoms with Crippen LogP contribution in [0.4, 0.5) is 0 Å². The van der Waals surface area contributed by atoms with Gasteiger partial charge in [0.25, 0.3) is 0 Å². The first-order valence-corrected chi connectivity index (χ1v) is 6.20. The lowest BCUT2D eigenvalue weighted by Gasteiger charge is -2.04. The molecule has 2 aromatic heterocycles. The van der Waals surface area contributed by atoms with Crippen LogP contribution in [0.5, 0.6) is 0 Å². The van der Waals surface area contributed by atoms with Crippen molar-refractivity contribution < 1.29 is 9.84 Å². The van der Waals surface area contributed by atoms with E-state index in [0.717, 1.165) is 0 Å². The van der Waals surface area contributed by atoms with Crippen LogP contribution in [0.1, 0.15) is 12.6 Å². The number of nitrogens with zero attached hydrogens (tertiary/aromatic N) is 4. The molecule has 0 spiro atoms. The number of fused-ring (bicyclic) bond motifs is 1. The van der Waals surface area contributed by atoms with Crippen LogP contribution >= 0.6 is 23.2 Å². The first-order chi connectivity index (χ1) is 8.67. The summed E-state index contributed by atoms with van der Waals surface area (Å²) in [6, 6.07) is 0. The normalized spacial score (nSPS) is 11.3. The maximum Gasteiger partial charge on any atom is 0.224 e. The number of ether oxygens (including phenoxy) is 1. The number of aliphatic hydroxyl groups excluding tert-OH is 1. The molecule has 2 heterocycles. The molecule has 0 atom stereocenters. The molecule has 0 fully saturated rings. The van der Waals surface area contributed by atoms with Crippen molar-refractivity contribution in [2.75, 3.05) is 13.2 Å². The van der Waals surface area contributed by atoms with Crippen LogP contribution in [-0.4, -0.2) is 38.1 Å². The highest BCUT2D eigenvalue weighted by Crippen LogP contribution is 2.24. The summed E-state index contributed by atoms with van der Waals surface area (Å²) in [5.41, 5.74) is 1.46. The van der Waals surface area contributed by atoms with Gasteiger partial charge in [0.1, 0.15) is 16.7 Å². The van der Waals surface area contributed by atoms with Gasteiger partial charge in [0.15, 0.2) is 5.15 Å². The fourth-order valence-corrected chi connectivity index (χ4v) is 2.12. The number of halogens is 2. The lowest BCUT2D eigenvalue weighted by Crippen LogP contribution is -2.08. The van der Waals surface area contributed by atoms with E-state index in [1.165, 1.54) is 0 Å². The quantitative estimate of drug-likeness (QED) is 0.515. The Labute approximate surface area is 113 Å². The minimum Gasteiger partial charge on any atom is -0.390 e. The largest absolute Gasteiger partial charge is 0.390 e. The summed E-state index contributed by atoms with van der Waals surface area (Å²) in [6.07, 6.45) is 0. The Bertz CT molecular complexity index is 558. The van der Waals surface area contributed by atoms with E-state index in [-0.39, 0.29) is 17.0 Å². The van der Waals surface area contributed by atoms with Gasteiger partial charge in [-0.05, 0) is 18.5 Å². The van der Waals surface area contributed by atoms with E-state index in [4.69, 9.17) is 27.9 Å². The third-order valence-electron chi connectivity index (χ3n) is 2.39. The Morgan fingerprint density at radius 3 is 2.78 bits per heavy atom. The first kappa shape index (κ1) is 13.5. The molecule has 0 unspecified atom stereocenters.